The van der Waals surface area contributed by atoms with E-state index in [-0.39, 0.29) is 16.5 Å². The van der Waals surface area contributed by atoms with E-state index in [0.717, 1.165) is 6.20 Å². The molecule has 0 bridgehead atoms. The highest BCUT2D eigenvalue weighted by atomic mass is 32.2. The molecule has 1 aromatic rings. The summed E-state index contributed by atoms with van der Waals surface area (Å²) < 4.78 is 26.1. The standard InChI is InChI=1S/C11H11N3O4S/c12-5-8-3-4-9(6-13-8)19(17,18)14-10(11(15)16)7-1-2-7/h3-4,6-7,10,14H,1-2H2,(H,15,16). The maximum absolute atomic E-state index is 12.0. The number of pyridine rings is 1. The van der Waals surface area contributed by atoms with Crippen LogP contribution in [0.1, 0.15) is 18.5 Å². The Morgan fingerprint density at radius 3 is 2.63 bits per heavy atom. The third kappa shape index (κ3) is 3.07. The van der Waals surface area contributed by atoms with Gasteiger partial charge in [0.15, 0.2) is 0 Å². The monoisotopic (exact) mass is 281 g/mol. The van der Waals surface area contributed by atoms with Gasteiger partial charge in [-0.25, -0.2) is 13.4 Å². The van der Waals surface area contributed by atoms with Gasteiger partial charge in [-0.3, -0.25) is 4.79 Å². The summed E-state index contributed by atoms with van der Waals surface area (Å²) in [6, 6.07) is 3.15. The van der Waals surface area contributed by atoms with Crippen molar-refractivity contribution in [2.75, 3.05) is 0 Å². The number of carbonyl (C=O) groups is 1. The Morgan fingerprint density at radius 2 is 2.21 bits per heavy atom. The molecular weight excluding hydrogens is 270 g/mol. The van der Waals surface area contributed by atoms with Gasteiger partial charge in [0.05, 0.1) is 0 Å². The van der Waals surface area contributed by atoms with Crippen molar-refractivity contribution in [1.29, 1.82) is 5.26 Å². The summed E-state index contributed by atoms with van der Waals surface area (Å²) in [4.78, 5) is 14.5. The first-order valence-electron chi connectivity index (χ1n) is 5.55. The molecule has 0 aliphatic heterocycles. The molecule has 8 heteroatoms. The van der Waals surface area contributed by atoms with Gasteiger partial charge < -0.3 is 5.11 Å². The summed E-state index contributed by atoms with van der Waals surface area (Å²) in [6.45, 7) is 0. The number of hydrogen-bond acceptors (Lipinski definition) is 5. The molecule has 2 N–H and O–H groups in total. The van der Waals surface area contributed by atoms with E-state index in [1.165, 1.54) is 12.1 Å². The predicted molar refractivity (Wildman–Crippen MR) is 63.4 cm³/mol. The fourth-order valence-corrected chi connectivity index (χ4v) is 2.82. The van der Waals surface area contributed by atoms with Gasteiger partial charge in [-0.1, -0.05) is 0 Å². The first kappa shape index (κ1) is 13.5. The number of nitriles is 1. The minimum atomic E-state index is -3.94. The molecule has 1 aliphatic rings. The second kappa shape index (κ2) is 4.95. The van der Waals surface area contributed by atoms with Gasteiger partial charge in [-0.15, -0.1) is 0 Å². The van der Waals surface area contributed by atoms with E-state index in [0.29, 0.717) is 12.8 Å². The average molecular weight is 281 g/mol. The van der Waals surface area contributed by atoms with Crippen molar-refractivity contribution >= 4 is 16.0 Å². The predicted octanol–water partition coefficient (Wildman–Crippen LogP) is 0.0948. The molecule has 1 heterocycles. The van der Waals surface area contributed by atoms with Crippen LogP contribution in [0.3, 0.4) is 0 Å². The molecule has 2 rings (SSSR count). The molecule has 7 nitrogen and oxygen atoms in total. The van der Waals surface area contributed by atoms with E-state index >= 15 is 0 Å². The van der Waals surface area contributed by atoms with Crippen molar-refractivity contribution < 1.29 is 18.3 Å². The summed E-state index contributed by atoms with van der Waals surface area (Å²) in [7, 11) is -3.94. The molecule has 1 saturated carbocycles. The fourth-order valence-electron chi connectivity index (χ4n) is 1.62. The second-order valence-corrected chi connectivity index (χ2v) is 5.98. The normalized spacial score (nSPS) is 16.6. The molecule has 0 amide bonds. The van der Waals surface area contributed by atoms with Crippen LogP contribution in [-0.2, 0) is 14.8 Å². The van der Waals surface area contributed by atoms with Crippen LogP contribution in [0.5, 0.6) is 0 Å². The number of sulfonamides is 1. The maximum Gasteiger partial charge on any atom is 0.322 e. The Kier molecular flexibility index (Phi) is 3.50. The van der Waals surface area contributed by atoms with Crippen LogP contribution in [-0.4, -0.2) is 30.5 Å². The quantitative estimate of drug-likeness (QED) is 0.789. The topological polar surface area (TPSA) is 120 Å². The van der Waals surface area contributed by atoms with E-state index < -0.39 is 22.0 Å². The third-order valence-corrected chi connectivity index (χ3v) is 4.23. The van der Waals surface area contributed by atoms with Crippen molar-refractivity contribution in [1.82, 2.24) is 9.71 Å². The van der Waals surface area contributed by atoms with Crippen LogP contribution in [0, 0.1) is 17.2 Å². The minimum Gasteiger partial charge on any atom is -0.480 e. The largest absolute Gasteiger partial charge is 0.480 e. The van der Waals surface area contributed by atoms with Crippen LogP contribution in [0.25, 0.3) is 0 Å². The Labute approximate surface area is 109 Å². The zero-order valence-corrected chi connectivity index (χ0v) is 10.6. The molecule has 0 spiro atoms. The molecular formula is C11H11N3O4S. The Hall–Kier alpha value is -1.98. The van der Waals surface area contributed by atoms with Gasteiger partial charge in [0.1, 0.15) is 22.7 Å². The van der Waals surface area contributed by atoms with Crippen LogP contribution >= 0.6 is 0 Å². The van der Waals surface area contributed by atoms with E-state index in [1.807, 2.05) is 0 Å². The first-order valence-corrected chi connectivity index (χ1v) is 7.03. The molecule has 0 radical (unpaired) electrons. The zero-order valence-electron chi connectivity index (χ0n) is 9.78. The van der Waals surface area contributed by atoms with E-state index in [4.69, 9.17) is 10.4 Å². The number of nitrogens with zero attached hydrogens (tertiary/aromatic N) is 2. The number of aliphatic carboxylic acids is 1. The lowest BCUT2D eigenvalue weighted by molar-refractivity contribution is -0.139. The van der Waals surface area contributed by atoms with Gasteiger partial charge in [-0.05, 0) is 30.9 Å². The van der Waals surface area contributed by atoms with Gasteiger partial charge in [0.2, 0.25) is 10.0 Å². The van der Waals surface area contributed by atoms with Gasteiger partial charge in [0, 0.05) is 6.20 Å². The summed E-state index contributed by atoms with van der Waals surface area (Å²) >= 11 is 0. The van der Waals surface area contributed by atoms with Gasteiger partial charge in [-0.2, -0.15) is 9.98 Å². The highest BCUT2D eigenvalue weighted by Gasteiger charge is 2.39. The molecule has 1 aliphatic carbocycles. The highest BCUT2D eigenvalue weighted by Crippen LogP contribution is 2.33. The smallest absolute Gasteiger partial charge is 0.322 e. The fraction of sp³-hybridized carbons (Fsp3) is 0.364. The van der Waals surface area contributed by atoms with Crippen LogP contribution in [0.2, 0.25) is 0 Å². The first-order chi connectivity index (χ1) is 8.94. The zero-order chi connectivity index (χ0) is 14.0. The number of carboxylic acid groups (broad SMARTS) is 1. The molecule has 1 unspecified atom stereocenters. The van der Waals surface area contributed by atoms with E-state index in [2.05, 4.69) is 9.71 Å². The lowest BCUT2D eigenvalue weighted by Gasteiger charge is -2.13. The molecule has 19 heavy (non-hydrogen) atoms. The lowest BCUT2D eigenvalue weighted by Crippen LogP contribution is -2.42. The van der Waals surface area contributed by atoms with Gasteiger partial charge in [0.25, 0.3) is 0 Å². The minimum absolute atomic E-state index is 0.0935. The summed E-state index contributed by atoms with van der Waals surface area (Å²) in [6.07, 6.45) is 2.43. The van der Waals surface area contributed by atoms with E-state index in [9.17, 15) is 13.2 Å². The number of rotatable bonds is 5. The molecule has 1 fully saturated rings. The molecule has 1 aromatic heterocycles. The molecule has 0 saturated heterocycles. The van der Waals surface area contributed by atoms with Crippen molar-refractivity contribution in [3.8, 4) is 6.07 Å². The molecule has 100 valence electrons. The average Bonchev–Trinajstić information content (AvgIpc) is 3.20. The van der Waals surface area contributed by atoms with Crippen molar-refractivity contribution in [2.24, 2.45) is 5.92 Å². The summed E-state index contributed by atoms with van der Waals surface area (Å²) in [5, 5.41) is 17.6. The Bertz CT molecular complexity index is 629. The number of nitrogens with one attached hydrogen (secondary N) is 1. The second-order valence-electron chi connectivity index (χ2n) is 4.27. The molecule has 0 aromatic carbocycles. The Balaban J connectivity index is 2.21. The SMILES string of the molecule is N#Cc1ccc(S(=O)(=O)NC(C(=O)O)C2CC2)cn1. The highest BCUT2D eigenvalue weighted by molar-refractivity contribution is 7.89. The third-order valence-electron chi connectivity index (χ3n) is 2.80. The maximum atomic E-state index is 12.0. The van der Waals surface area contributed by atoms with Crippen LogP contribution in [0.4, 0.5) is 0 Å². The van der Waals surface area contributed by atoms with E-state index in [1.54, 1.807) is 6.07 Å². The van der Waals surface area contributed by atoms with Crippen LogP contribution in [0.15, 0.2) is 23.2 Å². The summed E-state index contributed by atoms with van der Waals surface area (Å²) in [5.41, 5.74) is 0.0935. The lowest BCUT2D eigenvalue weighted by atomic mass is 10.2. The Morgan fingerprint density at radius 1 is 1.53 bits per heavy atom. The summed E-state index contributed by atoms with van der Waals surface area (Å²) in [5.74, 6) is -1.34. The number of carboxylic acids is 1. The molecule has 1 atom stereocenters. The van der Waals surface area contributed by atoms with Crippen molar-refractivity contribution in [3.05, 3.63) is 24.0 Å². The van der Waals surface area contributed by atoms with Gasteiger partial charge >= 0.3 is 5.97 Å². The number of hydrogen-bond donors (Lipinski definition) is 2. The van der Waals surface area contributed by atoms with Crippen LogP contribution < -0.4 is 4.72 Å². The van der Waals surface area contributed by atoms with Crippen molar-refractivity contribution in [3.63, 3.8) is 0 Å². The number of aromatic nitrogens is 1. The van der Waals surface area contributed by atoms with Crippen molar-refractivity contribution in [2.45, 2.75) is 23.8 Å².